The van der Waals surface area contributed by atoms with Crippen molar-refractivity contribution in [1.82, 2.24) is 5.32 Å². The number of aliphatic hydroxyl groups excluding tert-OH is 11. The van der Waals surface area contributed by atoms with Crippen LogP contribution in [0.25, 0.3) is 0 Å². The van der Waals surface area contributed by atoms with Crippen LogP contribution in [0.1, 0.15) is 232 Å². The Kier molecular flexibility index (Phi) is 41.4. The van der Waals surface area contributed by atoms with Gasteiger partial charge in [-0.25, -0.2) is 0 Å². The van der Waals surface area contributed by atoms with Crippen molar-refractivity contribution in [1.29, 1.82) is 0 Å². The predicted octanol–water partition coefficient (Wildman–Crippen LogP) is 6.71. The SMILES string of the molecule is CCCCCCC/C=C\C/C=C\CCCCCCCCCCCCCCCC(=O)NC(COC1OC(CO)C(OC2OC(CO)C(OC3OC(CO)C(O)C(O)C3O)C(O)C2O)C(O)C1O)C(O)CCCCCCCCCCCCC. The van der Waals surface area contributed by atoms with E-state index in [1.165, 1.54) is 148 Å². The number of carbonyl (C=O) groups excluding carboxylic acids is 1. The number of rotatable bonds is 48. The van der Waals surface area contributed by atoms with Crippen molar-refractivity contribution in [3.8, 4) is 0 Å². The van der Waals surface area contributed by atoms with E-state index in [-0.39, 0.29) is 18.9 Å². The van der Waals surface area contributed by atoms with E-state index in [1.807, 2.05) is 0 Å². The monoisotopic (exact) mass is 1160 g/mol. The molecule has 0 bridgehead atoms. The van der Waals surface area contributed by atoms with Crippen molar-refractivity contribution in [2.75, 3.05) is 26.4 Å². The molecule has 3 aliphatic rings. The first-order valence-electron chi connectivity index (χ1n) is 32.1. The van der Waals surface area contributed by atoms with Gasteiger partial charge in [0.05, 0.1) is 38.6 Å². The Morgan fingerprint density at radius 2 is 0.815 bits per heavy atom. The molecule has 17 unspecified atom stereocenters. The van der Waals surface area contributed by atoms with Gasteiger partial charge in [-0.2, -0.15) is 0 Å². The average Bonchev–Trinajstić information content (AvgIpc) is 3.51. The topological polar surface area (TPSA) is 307 Å². The van der Waals surface area contributed by atoms with E-state index < -0.39 is 124 Å². The highest BCUT2D eigenvalue weighted by atomic mass is 16.8. The lowest BCUT2D eigenvalue weighted by Crippen LogP contribution is -2.66. The molecular formula is C62H115NO18. The molecule has 19 nitrogen and oxygen atoms in total. The Bertz CT molecular complexity index is 1580. The van der Waals surface area contributed by atoms with Gasteiger partial charge in [0.25, 0.3) is 0 Å². The summed E-state index contributed by atoms with van der Waals surface area (Å²) in [5, 5.41) is 120. The molecule has 476 valence electrons. The second-order valence-electron chi connectivity index (χ2n) is 23.2. The Hall–Kier alpha value is -1.73. The molecule has 0 saturated carbocycles. The molecule has 0 aromatic rings. The zero-order valence-corrected chi connectivity index (χ0v) is 49.8. The Morgan fingerprint density at radius 3 is 1.26 bits per heavy atom. The molecule has 0 spiro atoms. The first kappa shape index (κ1) is 73.5. The number of ether oxygens (including phenoxy) is 6. The summed E-state index contributed by atoms with van der Waals surface area (Å²) in [4.78, 5) is 13.4. The minimum Gasteiger partial charge on any atom is -0.394 e. The number of unbranched alkanes of at least 4 members (excludes halogenated alkanes) is 28. The van der Waals surface area contributed by atoms with Crippen molar-refractivity contribution in [2.45, 2.75) is 336 Å². The van der Waals surface area contributed by atoms with Crippen molar-refractivity contribution in [3.05, 3.63) is 24.3 Å². The quantitative estimate of drug-likeness (QED) is 0.0222. The van der Waals surface area contributed by atoms with E-state index in [0.717, 1.165) is 51.4 Å². The fraction of sp³-hybridized carbons (Fsp3) is 0.919. The molecule has 3 rings (SSSR count). The van der Waals surface area contributed by atoms with Gasteiger partial charge in [-0.3, -0.25) is 4.79 Å². The van der Waals surface area contributed by atoms with Crippen LogP contribution in [-0.4, -0.2) is 193 Å². The van der Waals surface area contributed by atoms with Crippen LogP contribution in [0.3, 0.4) is 0 Å². The molecule has 0 aromatic heterocycles. The molecule has 0 radical (unpaired) electrons. The fourth-order valence-electron chi connectivity index (χ4n) is 11.0. The number of hydrogen-bond donors (Lipinski definition) is 12. The highest BCUT2D eigenvalue weighted by Crippen LogP contribution is 2.33. The molecule has 0 aromatic carbocycles. The van der Waals surface area contributed by atoms with Gasteiger partial charge in [0.1, 0.15) is 73.2 Å². The third-order valence-corrected chi connectivity index (χ3v) is 16.3. The Morgan fingerprint density at radius 1 is 0.444 bits per heavy atom. The minimum absolute atomic E-state index is 0.244. The van der Waals surface area contributed by atoms with E-state index in [9.17, 15) is 61.0 Å². The maximum Gasteiger partial charge on any atom is 0.220 e. The molecule has 3 aliphatic heterocycles. The number of hydrogen-bond acceptors (Lipinski definition) is 18. The van der Waals surface area contributed by atoms with E-state index >= 15 is 0 Å². The van der Waals surface area contributed by atoms with Gasteiger partial charge >= 0.3 is 0 Å². The van der Waals surface area contributed by atoms with Crippen LogP contribution in [0.15, 0.2) is 24.3 Å². The van der Waals surface area contributed by atoms with Crippen LogP contribution >= 0.6 is 0 Å². The number of aliphatic hydroxyl groups is 11. The van der Waals surface area contributed by atoms with E-state index in [4.69, 9.17) is 28.4 Å². The van der Waals surface area contributed by atoms with Gasteiger partial charge < -0.3 is 89.9 Å². The summed E-state index contributed by atoms with van der Waals surface area (Å²) < 4.78 is 34.3. The van der Waals surface area contributed by atoms with Gasteiger partial charge in [0.2, 0.25) is 5.91 Å². The molecule has 17 atom stereocenters. The van der Waals surface area contributed by atoms with Crippen LogP contribution in [0.5, 0.6) is 0 Å². The van der Waals surface area contributed by atoms with Crippen molar-refractivity contribution < 1.29 is 89.4 Å². The lowest BCUT2D eigenvalue weighted by Gasteiger charge is -2.48. The van der Waals surface area contributed by atoms with E-state index in [2.05, 4.69) is 43.5 Å². The summed E-state index contributed by atoms with van der Waals surface area (Å²) in [6.07, 6.45) is 21.3. The zero-order valence-electron chi connectivity index (χ0n) is 49.8. The molecule has 81 heavy (non-hydrogen) atoms. The number of allylic oxidation sites excluding steroid dienone is 4. The lowest BCUT2D eigenvalue weighted by atomic mass is 9.96. The first-order chi connectivity index (χ1) is 39.3. The van der Waals surface area contributed by atoms with Crippen molar-refractivity contribution >= 4 is 5.91 Å². The van der Waals surface area contributed by atoms with E-state index in [0.29, 0.717) is 12.8 Å². The second kappa shape index (κ2) is 45.6. The lowest BCUT2D eigenvalue weighted by molar-refractivity contribution is -0.379. The second-order valence-corrected chi connectivity index (χ2v) is 23.2. The molecule has 3 heterocycles. The molecule has 1 amide bonds. The van der Waals surface area contributed by atoms with Gasteiger partial charge in [-0.1, -0.05) is 205 Å². The number of carbonyl (C=O) groups is 1. The first-order valence-corrected chi connectivity index (χ1v) is 32.1. The third kappa shape index (κ3) is 29.0. The maximum absolute atomic E-state index is 13.4. The van der Waals surface area contributed by atoms with Gasteiger partial charge in [-0.05, 0) is 44.9 Å². The molecule has 0 aliphatic carbocycles. The molecular weight excluding hydrogens is 1050 g/mol. The average molecular weight is 1160 g/mol. The summed E-state index contributed by atoms with van der Waals surface area (Å²) in [5.41, 5.74) is 0. The third-order valence-electron chi connectivity index (χ3n) is 16.3. The molecule has 3 fully saturated rings. The highest BCUT2D eigenvalue weighted by Gasteiger charge is 2.53. The summed E-state index contributed by atoms with van der Waals surface area (Å²) in [6.45, 7) is 1.77. The van der Waals surface area contributed by atoms with Crippen molar-refractivity contribution in [2.24, 2.45) is 0 Å². The summed E-state index contributed by atoms with van der Waals surface area (Å²) >= 11 is 0. The summed E-state index contributed by atoms with van der Waals surface area (Å²) in [5.74, 6) is -0.244. The van der Waals surface area contributed by atoms with Crippen LogP contribution in [0, 0.1) is 0 Å². The standard InChI is InChI=1S/C62H115NO18/c1-3-5-7-9-11-13-15-16-17-18-19-20-21-22-23-24-25-26-27-28-30-32-34-36-38-40-50(68)63-45(46(67)39-37-35-33-31-29-14-12-10-8-6-4-2)44-76-60-56(74)53(71)58(48(42-65)78-60)81-62-57(75)54(72)59(49(43-66)79-62)80-61-55(73)52(70)51(69)47(41-64)77-61/h15-16,18-19,45-49,51-62,64-67,69-75H,3-14,17,20-44H2,1-2H3,(H,63,68)/b16-15-,19-18-. The highest BCUT2D eigenvalue weighted by molar-refractivity contribution is 5.76. The largest absolute Gasteiger partial charge is 0.394 e. The Balaban J connectivity index is 1.42. The van der Waals surface area contributed by atoms with Crippen LogP contribution in [0.2, 0.25) is 0 Å². The summed E-state index contributed by atoms with van der Waals surface area (Å²) in [7, 11) is 0. The summed E-state index contributed by atoms with van der Waals surface area (Å²) in [6, 6.07) is -0.884. The molecule has 12 N–H and O–H groups in total. The van der Waals surface area contributed by atoms with Crippen LogP contribution < -0.4 is 5.32 Å². The Labute approximate surface area is 486 Å². The molecule has 3 saturated heterocycles. The number of amides is 1. The fourth-order valence-corrected chi connectivity index (χ4v) is 11.0. The van der Waals surface area contributed by atoms with Gasteiger partial charge in [0, 0.05) is 6.42 Å². The number of nitrogens with one attached hydrogen (secondary N) is 1. The van der Waals surface area contributed by atoms with Crippen molar-refractivity contribution in [3.63, 3.8) is 0 Å². The van der Waals surface area contributed by atoms with Crippen LogP contribution in [0.4, 0.5) is 0 Å². The van der Waals surface area contributed by atoms with E-state index in [1.54, 1.807) is 0 Å². The predicted molar refractivity (Wildman–Crippen MR) is 310 cm³/mol. The molecule has 19 heteroatoms. The normalized spacial score (nSPS) is 29.9. The van der Waals surface area contributed by atoms with Gasteiger partial charge in [-0.15, -0.1) is 0 Å². The van der Waals surface area contributed by atoms with Crippen LogP contribution in [-0.2, 0) is 33.2 Å². The van der Waals surface area contributed by atoms with Gasteiger partial charge in [0.15, 0.2) is 18.9 Å². The zero-order chi connectivity index (χ0) is 59.0. The smallest absolute Gasteiger partial charge is 0.220 e. The maximum atomic E-state index is 13.4. The minimum atomic E-state index is -1.97.